The molecule has 2 rings (SSSR count). The Bertz CT molecular complexity index is 724. The zero-order chi connectivity index (χ0) is 15.1. The maximum Gasteiger partial charge on any atom is 0.336 e. The smallest absolute Gasteiger partial charge is 0.336 e. The van der Waals surface area contributed by atoms with Gasteiger partial charge in [0.1, 0.15) is 17.8 Å². The second-order valence-electron chi connectivity index (χ2n) is 4.33. The summed E-state index contributed by atoms with van der Waals surface area (Å²) in [6.45, 7) is 1.42. The molecule has 1 aliphatic rings. The molecule has 0 spiro atoms. The maximum atomic E-state index is 14.0. The molecule has 0 aromatic heterocycles. The van der Waals surface area contributed by atoms with Gasteiger partial charge in [-0.05, 0) is 18.6 Å². The number of sulfone groups is 1. The third-order valence-corrected chi connectivity index (χ3v) is 4.90. The summed E-state index contributed by atoms with van der Waals surface area (Å²) >= 11 is 0. The summed E-state index contributed by atoms with van der Waals surface area (Å²) in [7, 11) is -2.51. The molecule has 0 fully saturated rings. The van der Waals surface area contributed by atoms with Crippen molar-refractivity contribution < 1.29 is 27.5 Å². The van der Waals surface area contributed by atoms with Crippen LogP contribution in [0.2, 0.25) is 0 Å². The summed E-state index contributed by atoms with van der Waals surface area (Å²) in [6.07, 6.45) is 0.0481. The normalized spacial score (nSPS) is 18.6. The number of oxime groups is 1. The predicted octanol–water partition coefficient (Wildman–Crippen LogP) is 1.36. The molecule has 0 bridgehead atoms. The average molecular weight is 301 g/mol. The van der Waals surface area contributed by atoms with E-state index in [9.17, 15) is 17.6 Å². The second-order valence-corrected chi connectivity index (χ2v) is 6.38. The van der Waals surface area contributed by atoms with Gasteiger partial charge in [-0.2, -0.15) is 0 Å². The highest BCUT2D eigenvalue weighted by molar-refractivity contribution is 7.91. The Morgan fingerprint density at radius 2 is 2.15 bits per heavy atom. The van der Waals surface area contributed by atoms with Gasteiger partial charge in [-0.15, -0.1) is 0 Å². The molecule has 1 heterocycles. The molecule has 0 unspecified atom stereocenters. The Kier molecular flexibility index (Phi) is 3.51. The highest BCUT2D eigenvalue weighted by Gasteiger charge is 2.34. The molecule has 0 radical (unpaired) electrons. The minimum absolute atomic E-state index is 0.00417. The van der Waals surface area contributed by atoms with Crippen LogP contribution in [-0.4, -0.2) is 38.1 Å². The van der Waals surface area contributed by atoms with Crippen LogP contribution in [-0.2, 0) is 14.7 Å². The van der Waals surface area contributed by atoms with Gasteiger partial charge >= 0.3 is 5.97 Å². The van der Waals surface area contributed by atoms with Crippen LogP contribution in [0, 0.1) is 12.7 Å². The van der Waals surface area contributed by atoms with Gasteiger partial charge in [-0.1, -0.05) is 5.16 Å². The third-order valence-electron chi connectivity index (χ3n) is 3.13. The highest BCUT2D eigenvalue weighted by Crippen LogP contribution is 2.32. The number of carbonyl (C=O) groups is 1. The summed E-state index contributed by atoms with van der Waals surface area (Å²) in [4.78, 5) is 15.2. The summed E-state index contributed by atoms with van der Waals surface area (Å²) in [5, 5.41) is 12.7. The Morgan fingerprint density at radius 3 is 2.70 bits per heavy atom. The van der Waals surface area contributed by atoms with Gasteiger partial charge in [-0.25, -0.2) is 17.6 Å². The molecular weight excluding hydrogens is 289 g/mol. The van der Waals surface area contributed by atoms with Crippen molar-refractivity contribution in [1.29, 1.82) is 0 Å². The van der Waals surface area contributed by atoms with Gasteiger partial charge in [0, 0.05) is 12.0 Å². The largest absolute Gasteiger partial charge is 0.478 e. The van der Waals surface area contributed by atoms with Crippen molar-refractivity contribution in [2.24, 2.45) is 5.16 Å². The van der Waals surface area contributed by atoms with E-state index in [-0.39, 0.29) is 34.6 Å². The van der Waals surface area contributed by atoms with Crippen molar-refractivity contribution >= 4 is 21.5 Å². The van der Waals surface area contributed by atoms with E-state index < -0.39 is 26.5 Å². The summed E-state index contributed by atoms with van der Waals surface area (Å²) < 4.78 is 38.0. The van der Waals surface area contributed by atoms with Gasteiger partial charge in [0.2, 0.25) is 0 Å². The quantitative estimate of drug-likeness (QED) is 0.832. The van der Waals surface area contributed by atoms with E-state index in [0.717, 1.165) is 6.07 Å². The van der Waals surface area contributed by atoms with Gasteiger partial charge in [0.15, 0.2) is 9.84 Å². The van der Waals surface area contributed by atoms with E-state index >= 15 is 0 Å². The number of benzene rings is 1. The molecule has 1 aromatic rings. The fourth-order valence-corrected chi connectivity index (χ4v) is 3.86. The van der Waals surface area contributed by atoms with Crippen LogP contribution in [0.25, 0.3) is 0 Å². The van der Waals surface area contributed by atoms with Gasteiger partial charge in [0.25, 0.3) is 0 Å². The molecule has 0 saturated carbocycles. The third kappa shape index (κ3) is 2.15. The number of carboxylic acids is 1. The van der Waals surface area contributed by atoms with Crippen LogP contribution in [0.15, 0.2) is 16.1 Å². The zero-order valence-corrected chi connectivity index (χ0v) is 11.6. The summed E-state index contributed by atoms with van der Waals surface area (Å²) in [5.74, 6) is -2.69. The fraction of sp³-hybridized carbons (Fsp3) is 0.333. The Hall–Kier alpha value is -1.96. The number of aromatic carboxylic acids is 1. The molecule has 0 saturated heterocycles. The molecule has 0 atom stereocenters. The van der Waals surface area contributed by atoms with E-state index in [4.69, 9.17) is 5.11 Å². The molecule has 108 valence electrons. The molecule has 1 N–H and O–H groups in total. The van der Waals surface area contributed by atoms with Crippen LogP contribution >= 0.6 is 0 Å². The van der Waals surface area contributed by atoms with Crippen molar-refractivity contribution in [1.82, 2.24) is 0 Å². The van der Waals surface area contributed by atoms with Crippen LogP contribution in [0.3, 0.4) is 0 Å². The Morgan fingerprint density at radius 1 is 1.50 bits per heavy atom. The topological polar surface area (TPSA) is 93.0 Å². The number of hydrogen-bond donors (Lipinski definition) is 1. The zero-order valence-electron chi connectivity index (χ0n) is 10.8. The van der Waals surface area contributed by atoms with E-state index in [0.29, 0.717) is 0 Å². The lowest BCUT2D eigenvalue weighted by Gasteiger charge is -2.21. The number of nitrogens with zero attached hydrogens (tertiary/aromatic N) is 1. The van der Waals surface area contributed by atoms with Crippen LogP contribution in [0.1, 0.15) is 27.9 Å². The molecule has 1 aliphatic heterocycles. The first-order valence-electron chi connectivity index (χ1n) is 5.69. The number of fused-ring (bicyclic) bond motifs is 1. The van der Waals surface area contributed by atoms with E-state index in [1.807, 2.05) is 0 Å². The Balaban J connectivity index is 2.91. The monoisotopic (exact) mass is 301 g/mol. The first-order chi connectivity index (χ1) is 9.29. The number of hydrogen-bond acceptors (Lipinski definition) is 5. The van der Waals surface area contributed by atoms with Gasteiger partial charge in [0.05, 0.1) is 17.0 Å². The lowest BCUT2D eigenvalue weighted by molar-refractivity contribution is 0.0695. The van der Waals surface area contributed by atoms with Gasteiger partial charge in [-0.3, -0.25) is 0 Å². The minimum Gasteiger partial charge on any atom is -0.478 e. The average Bonchev–Trinajstić information content (AvgIpc) is 2.35. The number of rotatable bonds is 2. The highest BCUT2D eigenvalue weighted by atomic mass is 32.2. The van der Waals surface area contributed by atoms with Crippen molar-refractivity contribution in [2.75, 3.05) is 12.9 Å². The van der Waals surface area contributed by atoms with Crippen LogP contribution in [0.5, 0.6) is 0 Å². The van der Waals surface area contributed by atoms with Crippen LogP contribution in [0.4, 0.5) is 4.39 Å². The SMILES string of the molecule is CO/N=C1\CCS(=O)(=O)c2c(F)cc(C(=O)O)c(C)c21. The molecule has 0 amide bonds. The predicted molar refractivity (Wildman–Crippen MR) is 68.3 cm³/mol. The summed E-state index contributed by atoms with van der Waals surface area (Å²) in [6, 6.07) is 0.726. The first kappa shape index (κ1) is 14.4. The van der Waals surface area contributed by atoms with E-state index in [1.165, 1.54) is 14.0 Å². The Labute approximate surface area is 114 Å². The van der Waals surface area contributed by atoms with Crippen LogP contribution < -0.4 is 0 Å². The number of carboxylic acid groups (broad SMARTS) is 1. The molecule has 6 nitrogen and oxygen atoms in total. The van der Waals surface area contributed by atoms with E-state index in [2.05, 4.69) is 9.99 Å². The van der Waals surface area contributed by atoms with Crippen molar-refractivity contribution in [2.45, 2.75) is 18.2 Å². The second kappa shape index (κ2) is 4.86. The molecular formula is C12H12FNO5S. The maximum absolute atomic E-state index is 14.0. The standard InChI is InChI=1S/C12H12FNO5S/c1-6-7(12(15)16)5-8(13)11-10(6)9(14-19-2)3-4-20(11,17)18/h5H,3-4H2,1-2H3,(H,15,16)/b14-9+. The van der Waals surface area contributed by atoms with Crippen molar-refractivity contribution in [3.05, 3.63) is 28.6 Å². The number of halogens is 1. The molecule has 20 heavy (non-hydrogen) atoms. The molecule has 8 heteroatoms. The van der Waals surface area contributed by atoms with E-state index in [1.54, 1.807) is 0 Å². The lowest BCUT2D eigenvalue weighted by atomic mass is 9.96. The summed E-state index contributed by atoms with van der Waals surface area (Å²) in [5.41, 5.74) is 0.0995. The van der Waals surface area contributed by atoms with Crippen molar-refractivity contribution in [3.8, 4) is 0 Å². The molecule has 0 aliphatic carbocycles. The lowest BCUT2D eigenvalue weighted by Crippen LogP contribution is -2.26. The van der Waals surface area contributed by atoms with Gasteiger partial charge < -0.3 is 9.94 Å². The van der Waals surface area contributed by atoms with Crippen molar-refractivity contribution in [3.63, 3.8) is 0 Å². The first-order valence-corrected chi connectivity index (χ1v) is 7.34. The minimum atomic E-state index is -3.79. The fourth-order valence-electron chi connectivity index (χ4n) is 2.26. The molecule has 1 aromatic carbocycles.